The van der Waals surface area contributed by atoms with Crippen LogP contribution in [0.3, 0.4) is 0 Å². The zero-order valence-corrected chi connectivity index (χ0v) is 15.4. The van der Waals surface area contributed by atoms with Crippen LogP contribution in [-0.2, 0) is 0 Å². The van der Waals surface area contributed by atoms with E-state index in [4.69, 9.17) is 28.9 Å². The third-order valence-corrected chi connectivity index (χ3v) is 4.22. The van der Waals surface area contributed by atoms with Gasteiger partial charge in [0.05, 0.1) is 10.0 Å². The zero-order valence-electron chi connectivity index (χ0n) is 13.9. The van der Waals surface area contributed by atoms with E-state index < -0.39 is 0 Å². The van der Waals surface area contributed by atoms with Crippen molar-refractivity contribution in [3.8, 4) is 11.1 Å². The summed E-state index contributed by atoms with van der Waals surface area (Å²) < 4.78 is 0. The van der Waals surface area contributed by atoms with Crippen LogP contribution in [0.4, 0.5) is 16.6 Å². The lowest BCUT2D eigenvalue weighted by Crippen LogP contribution is -2.29. The number of nitrogens with two attached hydrogens (primary N) is 1. The van der Waals surface area contributed by atoms with Crippen LogP contribution in [0.15, 0.2) is 30.5 Å². The van der Waals surface area contributed by atoms with Crippen molar-refractivity contribution in [3.05, 3.63) is 40.5 Å². The molecule has 3 aromatic rings. The standard InChI is InChI=1S/C17H16Cl2N6O/c1-2-6-21-17(26)25-15-10(13-11(18)4-3-5-12(13)19)7-9-8-22-16(20)24-14(9)23-15/h3-5,7-8H,2,6H2,1H3,(H4,20,21,22,23,24,25,26). The molecule has 1 aromatic carbocycles. The van der Waals surface area contributed by atoms with Gasteiger partial charge in [-0.2, -0.15) is 4.98 Å². The molecule has 7 nitrogen and oxygen atoms in total. The van der Waals surface area contributed by atoms with Gasteiger partial charge in [0.15, 0.2) is 5.65 Å². The first-order valence-corrected chi connectivity index (χ1v) is 8.67. The van der Waals surface area contributed by atoms with Crippen molar-refractivity contribution >= 4 is 52.0 Å². The predicted molar refractivity (Wildman–Crippen MR) is 105 cm³/mol. The molecule has 0 atom stereocenters. The van der Waals surface area contributed by atoms with Crippen molar-refractivity contribution in [3.63, 3.8) is 0 Å². The number of carbonyl (C=O) groups is 1. The molecule has 2 heterocycles. The predicted octanol–water partition coefficient (Wildman–Crippen LogP) is 4.11. The average molecular weight is 391 g/mol. The summed E-state index contributed by atoms with van der Waals surface area (Å²) in [4.78, 5) is 24.6. The smallest absolute Gasteiger partial charge is 0.320 e. The lowest BCUT2D eigenvalue weighted by molar-refractivity contribution is 0.252. The summed E-state index contributed by atoms with van der Waals surface area (Å²) in [6, 6.07) is 6.56. The van der Waals surface area contributed by atoms with E-state index in [0.717, 1.165) is 6.42 Å². The van der Waals surface area contributed by atoms with Crippen molar-refractivity contribution in [2.45, 2.75) is 13.3 Å². The van der Waals surface area contributed by atoms with Crippen LogP contribution in [0, 0.1) is 0 Å². The highest BCUT2D eigenvalue weighted by Crippen LogP contribution is 2.39. The van der Waals surface area contributed by atoms with Crippen molar-refractivity contribution in [2.75, 3.05) is 17.6 Å². The van der Waals surface area contributed by atoms with Crippen LogP contribution >= 0.6 is 23.2 Å². The van der Waals surface area contributed by atoms with E-state index in [0.29, 0.717) is 38.8 Å². The van der Waals surface area contributed by atoms with E-state index in [-0.39, 0.29) is 17.8 Å². The fourth-order valence-electron chi connectivity index (χ4n) is 2.41. The maximum Gasteiger partial charge on any atom is 0.320 e. The highest BCUT2D eigenvalue weighted by molar-refractivity contribution is 6.39. The monoisotopic (exact) mass is 390 g/mol. The number of nitrogens with zero attached hydrogens (tertiary/aromatic N) is 3. The molecule has 0 saturated heterocycles. The number of urea groups is 1. The summed E-state index contributed by atoms with van der Waals surface area (Å²) >= 11 is 12.7. The molecule has 0 saturated carbocycles. The fraction of sp³-hybridized carbons (Fsp3) is 0.176. The minimum atomic E-state index is -0.384. The molecule has 134 valence electrons. The maximum atomic E-state index is 12.1. The maximum absolute atomic E-state index is 12.1. The summed E-state index contributed by atoms with van der Waals surface area (Å²) in [6.07, 6.45) is 2.37. The molecule has 2 aromatic heterocycles. The second-order valence-electron chi connectivity index (χ2n) is 5.50. The Morgan fingerprint density at radius 2 is 1.96 bits per heavy atom. The van der Waals surface area contributed by atoms with Gasteiger partial charge in [-0.05, 0) is 24.6 Å². The van der Waals surface area contributed by atoms with E-state index in [2.05, 4.69) is 25.6 Å². The van der Waals surface area contributed by atoms with Gasteiger partial charge in [-0.3, -0.25) is 5.32 Å². The number of carbonyl (C=O) groups excluding carboxylic acids is 1. The molecule has 0 aliphatic carbocycles. The molecular weight excluding hydrogens is 375 g/mol. The van der Waals surface area contributed by atoms with Crippen LogP contribution < -0.4 is 16.4 Å². The van der Waals surface area contributed by atoms with E-state index in [1.54, 1.807) is 30.5 Å². The molecule has 4 N–H and O–H groups in total. The van der Waals surface area contributed by atoms with Gasteiger partial charge in [-0.15, -0.1) is 0 Å². The Hall–Kier alpha value is -2.64. The normalized spacial score (nSPS) is 10.7. The quantitative estimate of drug-likeness (QED) is 0.621. The van der Waals surface area contributed by atoms with Gasteiger partial charge >= 0.3 is 6.03 Å². The second kappa shape index (κ2) is 7.72. The first kappa shape index (κ1) is 18.2. The molecule has 0 bridgehead atoms. The van der Waals surface area contributed by atoms with Gasteiger partial charge in [0.1, 0.15) is 5.82 Å². The molecule has 9 heteroatoms. The average Bonchev–Trinajstić information content (AvgIpc) is 2.60. The minimum absolute atomic E-state index is 0.0925. The molecule has 3 rings (SSSR count). The molecular formula is C17H16Cl2N6O. The fourth-order valence-corrected chi connectivity index (χ4v) is 3.01. The second-order valence-corrected chi connectivity index (χ2v) is 6.32. The molecule has 26 heavy (non-hydrogen) atoms. The lowest BCUT2D eigenvalue weighted by Gasteiger charge is -2.14. The Morgan fingerprint density at radius 1 is 1.23 bits per heavy atom. The van der Waals surface area contributed by atoms with Gasteiger partial charge in [0, 0.05) is 29.3 Å². The third kappa shape index (κ3) is 3.79. The Morgan fingerprint density at radius 3 is 2.65 bits per heavy atom. The Kier molecular flexibility index (Phi) is 5.39. The molecule has 0 aliphatic heterocycles. The van der Waals surface area contributed by atoms with Crippen LogP contribution in [0.5, 0.6) is 0 Å². The number of halogens is 2. The van der Waals surface area contributed by atoms with Crippen molar-refractivity contribution in [1.29, 1.82) is 0 Å². The number of fused-ring (bicyclic) bond motifs is 1. The van der Waals surface area contributed by atoms with Gasteiger partial charge in [-0.1, -0.05) is 36.2 Å². The third-order valence-electron chi connectivity index (χ3n) is 3.59. The summed E-state index contributed by atoms with van der Waals surface area (Å²) in [5.41, 5.74) is 7.12. The first-order chi connectivity index (χ1) is 12.5. The van der Waals surface area contributed by atoms with E-state index in [9.17, 15) is 4.79 Å². The number of anilines is 2. The molecule has 0 radical (unpaired) electrons. The van der Waals surface area contributed by atoms with Crippen LogP contribution in [0.1, 0.15) is 13.3 Å². The van der Waals surface area contributed by atoms with Gasteiger partial charge in [-0.25, -0.2) is 14.8 Å². The minimum Gasteiger partial charge on any atom is -0.368 e. The zero-order chi connectivity index (χ0) is 18.7. The van der Waals surface area contributed by atoms with Crippen LogP contribution in [0.25, 0.3) is 22.2 Å². The van der Waals surface area contributed by atoms with Crippen molar-refractivity contribution in [1.82, 2.24) is 20.3 Å². The molecule has 0 fully saturated rings. The number of hydrogen-bond acceptors (Lipinski definition) is 5. The van der Waals surface area contributed by atoms with Crippen LogP contribution in [-0.4, -0.2) is 27.5 Å². The van der Waals surface area contributed by atoms with Crippen molar-refractivity contribution < 1.29 is 4.79 Å². The summed E-state index contributed by atoms with van der Waals surface area (Å²) in [6.45, 7) is 2.50. The van der Waals surface area contributed by atoms with Crippen LogP contribution in [0.2, 0.25) is 10.0 Å². The summed E-state index contributed by atoms with van der Waals surface area (Å²) in [5, 5.41) is 6.98. The van der Waals surface area contributed by atoms with Gasteiger partial charge < -0.3 is 11.1 Å². The Bertz CT molecular complexity index is 959. The number of nitrogen functional groups attached to an aromatic ring is 1. The molecule has 0 spiro atoms. The lowest BCUT2D eigenvalue weighted by atomic mass is 10.0. The molecule has 0 aliphatic rings. The number of amides is 2. The number of nitrogens with one attached hydrogen (secondary N) is 2. The Balaban J connectivity index is 2.17. The highest BCUT2D eigenvalue weighted by Gasteiger charge is 2.17. The number of rotatable bonds is 4. The largest absolute Gasteiger partial charge is 0.368 e. The number of aromatic nitrogens is 3. The highest BCUT2D eigenvalue weighted by atomic mass is 35.5. The topological polar surface area (TPSA) is 106 Å². The summed E-state index contributed by atoms with van der Waals surface area (Å²) in [5.74, 6) is 0.370. The van der Waals surface area contributed by atoms with E-state index >= 15 is 0 Å². The van der Waals surface area contributed by atoms with E-state index in [1.807, 2.05) is 6.92 Å². The number of pyridine rings is 1. The summed E-state index contributed by atoms with van der Waals surface area (Å²) in [7, 11) is 0. The molecule has 0 unspecified atom stereocenters. The SMILES string of the molecule is CCCNC(=O)Nc1nc2nc(N)ncc2cc1-c1c(Cl)cccc1Cl. The van der Waals surface area contributed by atoms with Gasteiger partial charge in [0.25, 0.3) is 0 Å². The Labute approximate surface area is 159 Å². The van der Waals surface area contributed by atoms with Crippen molar-refractivity contribution in [2.24, 2.45) is 0 Å². The number of hydrogen-bond donors (Lipinski definition) is 3. The number of benzene rings is 1. The van der Waals surface area contributed by atoms with Gasteiger partial charge in [0.2, 0.25) is 5.95 Å². The van der Waals surface area contributed by atoms with E-state index in [1.165, 1.54) is 0 Å². The molecule has 2 amide bonds. The first-order valence-electron chi connectivity index (χ1n) is 7.92.